The third-order valence-electron chi connectivity index (χ3n) is 2.68. The number of rotatable bonds is 6. The highest BCUT2D eigenvalue weighted by Crippen LogP contribution is 2.25. The predicted octanol–water partition coefficient (Wildman–Crippen LogP) is 3.17. The third-order valence-corrected chi connectivity index (χ3v) is 3.95. The molecule has 1 aromatic heterocycles. The van der Waals surface area contributed by atoms with Crippen molar-refractivity contribution in [2.75, 3.05) is 12.3 Å². The first kappa shape index (κ1) is 16.3. The Kier molecular flexibility index (Phi) is 5.74. The maximum absolute atomic E-state index is 11.9. The Bertz CT molecular complexity index is 682. The van der Waals surface area contributed by atoms with E-state index in [1.165, 1.54) is 30.0 Å². The number of nitro groups is 1. The Labute approximate surface area is 136 Å². The van der Waals surface area contributed by atoms with Crippen molar-refractivity contribution in [2.24, 2.45) is 0 Å². The van der Waals surface area contributed by atoms with Crippen molar-refractivity contribution in [3.8, 4) is 0 Å². The van der Waals surface area contributed by atoms with Gasteiger partial charge in [-0.1, -0.05) is 17.7 Å². The lowest BCUT2D eigenvalue weighted by Crippen LogP contribution is -2.25. The van der Waals surface area contributed by atoms with Crippen LogP contribution in [-0.4, -0.2) is 28.1 Å². The van der Waals surface area contributed by atoms with Gasteiger partial charge >= 0.3 is 0 Å². The number of carbonyl (C=O) groups is 1. The van der Waals surface area contributed by atoms with Gasteiger partial charge in [0.05, 0.1) is 9.95 Å². The molecule has 8 heteroatoms. The fourth-order valence-electron chi connectivity index (χ4n) is 1.65. The molecule has 0 bridgehead atoms. The molecule has 0 spiro atoms. The lowest BCUT2D eigenvalue weighted by Gasteiger charge is -2.05. The number of nitrogens with one attached hydrogen (secondary N) is 1. The molecule has 2 aromatic rings. The fourth-order valence-corrected chi connectivity index (χ4v) is 2.56. The smallest absolute Gasteiger partial charge is 0.288 e. The van der Waals surface area contributed by atoms with Crippen LogP contribution in [-0.2, 0) is 0 Å². The van der Waals surface area contributed by atoms with E-state index in [9.17, 15) is 14.9 Å². The molecule has 2 rings (SSSR count). The van der Waals surface area contributed by atoms with Crippen molar-refractivity contribution in [1.29, 1.82) is 0 Å². The van der Waals surface area contributed by atoms with E-state index in [-0.39, 0.29) is 22.2 Å². The normalized spacial score (nSPS) is 10.2. The molecule has 6 nitrogen and oxygen atoms in total. The molecule has 0 unspecified atom stereocenters. The Balaban J connectivity index is 1.87. The maximum atomic E-state index is 11.9. The first-order chi connectivity index (χ1) is 10.6. The first-order valence-corrected chi connectivity index (χ1v) is 7.70. The minimum atomic E-state index is -0.615. The van der Waals surface area contributed by atoms with E-state index in [1.54, 1.807) is 6.20 Å². The van der Waals surface area contributed by atoms with E-state index in [0.29, 0.717) is 12.3 Å². The summed E-state index contributed by atoms with van der Waals surface area (Å²) < 4.78 is 0. The molecule has 1 amide bonds. The lowest BCUT2D eigenvalue weighted by atomic mass is 10.2. The maximum Gasteiger partial charge on any atom is 0.288 e. The monoisotopic (exact) mass is 337 g/mol. The number of pyridine rings is 1. The molecule has 0 aliphatic rings. The number of hydrogen-bond donors (Lipinski definition) is 1. The Morgan fingerprint density at radius 2 is 2.18 bits per heavy atom. The zero-order valence-electron chi connectivity index (χ0n) is 11.4. The number of hydrogen-bond acceptors (Lipinski definition) is 5. The van der Waals surface area contributed by atoms with Crippen LogP contribution in [0.3, 0.4) is 0 Å². The van der Waals surface area contributed by atoms with E-state index in [2.05, 4.69) is 10.3 Å². The van der Waals surface area contributed by atoms with E-state index in [0.717, 1.165) is 5.03 Å². The number of halogens is 1. The topological polar surface area (TPSA) is 85.1 Å². The Morgan fingerprint density at radius 1 is 1.36 bits per heavy atom. The zero-order chi connectivity index (χ0) is 15.9. The van der Waals surface area contributed by atoms with Gasteiger partial charge in [0.15, 0.2) is 0 Å². The van der Waals surface area contributed by atoms with Gasteiger partial charge in [-0.2, -0.15) is 0 Å². The average Bonchev–Trinajstić information content (AvgIpc) is 2.52. The van der Waals surface area contributed by atoms with Crippen LogP contribution in [0.25, 0.3) is 0 Å². The van der Waals surface area contributed by atoms with Crippen molar-refractivity contribution in [3.63, 3.8) is 0 Å². The fraction of sp³-hybridized carbons (Fsp3) is 0.143. The molecule has 1 aromatic carbocycles. The van der Waals surface area contributed by atoms with Gasteiger partial charge in [0, 0.05) is 30.1 Å². The number of amides is 1. The molecule has 1 N–H and O–H groups in total. The number of nitrogens with zero attached hydrogens (tertiary/aromatic N) is 2. The largest absolute Gasteiger partial charge is 0.351 e. The molecule has 22 heavy (non-hydrogen) atoms. The minimum absolute atomic E-state index is 0.00672. The third kappa shape index (κ3) is 4.44. The molecule has 0 atom stereocenters. The summed E-state index contributed by atoms with van der Waals surface area (Å²) in [5.74, 6) is 0.278. The molecule has 0 saturated heterocycles. The molecular weight excluding hydrogens is 326 g/mol. The lowest BCUT2D eigenvalue weighted by molar-refractivity contribution is -0.384. The van der Waals surface area contributed by atoms with Gasteiger partial charge in [-0.15, -0.1) is 11.8 Å². The summed E-state index contributed by atoms with van der Waals surface area (Å²) in [5.41, 5.74) is -0.0730. The van der Waals surface area contributed by atoms with Gasteiger partial charge < -0.3 is 5.32 Å². The van der Waals surface area contributed by atoms with Gasteiger partial charge in [0.25, 0.3) is 11.6 Å². The average molecular weight is 338 g/mol. The van der Waals surface area contributed by atoms with Crippen LogP contribution in [0.1, 0.15) is 10.4 Å². The summed E-state index contributed by atoms with van der Waals surface area (Å²) in [5, 5.41) is 14.4. The van der Waals surface area contributed by atoms with Crippen molar-refractivity contribution < 1.29 is 9.72 Å². The summed E-state index contributed by atoms with van der Waals surface area (Å²) in [6.07, 6.45) is 1.70. The van der Waals surface area contributed by atoms with E-state index < -0.39 is 4.92 Å². The Morgan fingerprint density at radius 3 is 2.86 bits per heavy atom. The molecule has 0 aliphatic heterocycles. The molecule has 0 radical (unpaired) electrons. The van der Waals surface area contributed by atoms with E-state index in [4.69, 9.17) is 11.6 Å². The summed E-state index contributed by atoms with van der Waals surface area (Å²) >= 11 is 7.22. The van der Waals surface area contributed by atoms with Crippen LogP contribution in [0, 0.1) is 10.1 Å². The number of carbonyl (C=O) groups excluding carboxylic acids is 1. The molecule has 1 heterocycles. The van der Waals surface area contributed by atoms with Crippen LogP contribution < -0.4 is 5.32 Å². The number of thioether (sulfide) groups is 1. The van der Waals surface area contributed by atoms with Crippen molar-refractivity contribution >= 4 is 35.0 Å². The molecule has 0 fully saturated rings. The quantitative estimate of drug-likeness (QED) is 0.379. The van der Waals surface area contributed by atoms with Crippen LogP contribution in [0.4, 0.5) is 5.69 Å². The number of aromatic nitrogens is 1. The summed E-state index contributed by atoms with van der Waals surface area (Å²) in [7, 11) is 0. The highest BCUT2D eigenvalue weighted by atomic mass is 35.5. The summed E-state index contributed by atoms with van der Waals surface area (Å²) in [4.78, 5) is 26.3. The standard InChI is InChI=1S/C14H12ClN3O3S/c15-11-5-4-10(9-12(11)18(20)21)14(19)17-7-8-22-13-3-1-2-6-16-13/h1-6,9H,7-8H2,(H,17,19). The van der Waals surface area contributed by atoms with Gasteiger partial charge in [-0.3, -0.25) is 14.9 Å². The summed E-state index contributed by atoms with van der Waals surface area (Å²) in [6.45, 7) is 0.427. The van der Waals surface area contributed by atoms with Crippen LogP contribution in [0.15, 0.2) is 47.6 Å². The second-order valence-electron chi connectivity index (χ2n) is 4.20. The number of benzene rings is 1. The van der Waals surface area contributed by atoms with E-state index in [1.807, 2.05) is 18.2 Å². The predicted molar refractivity (Wildman–Crippen MR) is 85.4 cm³/mol. The first-order valence-electron chi connectivity index (χ1n) is 6.34. The van der Waals surface area contributed by atoms with Gasteiger partial charge in [-0.25, -0.2) is 4.98 Å². The molecular formula is C14H12ClN3O3S. The highest BCUT2D eigenvalue weighted by Gasteiger charge is 2.15. The minimum Gasteiger partial charge on any atom is -0.351 e. The van der Waals surface area contributed by atoms with Crippen LogP contribution in [0.5, 0.6) is 0 Å². The molecule has 114 valence electrons. The number of nitro benzene ring substituents is 1. The van der Waals surface area contributed by atoms with Crippen molar-refractivity contribution in [2.45, 2.75) is 5.03 Å². The Hall–Kier alpha value is -2.12. The molecule has 0 aliphatic carbocycles. The van der Waals surface area contributed by atoms with Crippen LogP contribution in [0.2, 0.25) is 5.02 Å². The second kappa shape index (κ2) is 7.77. The van der Waals surface area contributed by atoms with Crippen LogP contribution >= 0.6 is 23.4 Å². The van der Waals surface area contributed by atoms with E-state index >= 15 is 0 Å². The van der Waals surface area contributed by atoms with Crippen molar-refractivity contribution in [1.82, 2.24) is 10.3 Å². The van der Waals surface area contributed by atoms with Gasteiger partial charge in [0.2, 0.25) is 0 Å². The second-order valence-corrected chi connectivity index (χ2v) is 5.72. The SMILES string of the molecule is O=C(NCCSc1ccccn1)c1ccc(Cl)c([N+](=O)[O-])c1. The van der Waals surface area contributed by atoms with Gasteiger partial charge in [0.1, 0.15) is 5.02 Å². The highest BCUT2D eigenvalue weighted by molar-refractivity contribution is 7.99. The zero-order valence-corrected chi connectivity index (χ0v) is 12.9. The van der Waals surface area contributed by atoms with Gasteiger partial charge in [-0.05, 0) is 24.3 Å². The molecule has 0 saturated carbocycles. The van der Waals surface area contributed by atoms with Crippen molar-refractivity contribution in [3.05, 3.63) is 63.3 Å². The summed E-state index contributed by atoms with van der Waals surface area (Å²) in [6, 6.07) is 9.58.